The molecule has 5 nitrogen and oxygen atoms in total. The molecule has 1 amide bonds. The monoisotopic (exact) mass is 217 g/mol. The van der Waals surface area contributed by atoms with Crippen LogP contribution < -0.4 is 10.6 Å². The largest absolute Gasteiger partial charge is 0.383 e. The molecule has 0 fully saturated rings. The minimum absolute atomic E-state index is 0.0222. The minimum atomic E-state index is 0.0222. The molecule has 0 bridgehead atoms. The number of hydrogen-bond donors (Lipinski definition) is 2. The molecule has 2 N–H and O–H groups in total. The second kappa shape index (κ2) is 9.89. The molecule has 0 atom stereocenters. The molecule has 5 heteroatoms. The quantitative estimate of drug-likeness (QED) is 0.501. The molecule has 90 valence electrons. The van der Waals surface area contributed by atoms with E-state index in [2.05, 4.69) is 22.6 Å². The summed E-state index contributed by atoms with van der Waals surface area (Å²) < 4.78 is 4.97. The Kier molecular flexibility index (Phi) is 9.46. The van der Waals surface area contributed by atoms with Crippen molar-refractivity contribution in [2.75, 3.05) is 53.5 Å². The van der Waals surface area contributed by atoms with Crippen LogP contribution >= 0.6 is 0 Å². The van der Waals surface area contributed by atoms with Gasteiger partial charge in [0.05, 0.1) is 6.61 Å². The van der Waals surface area contributed by atoms with Crippen molar-refractivity contribution in [1.29, 1.82) is 0 Å². The molecule has 0 saturated heterocycles. The predicted molar refractivity (Wildman–Crippen MR) is 60.9 cm³/mol. The lowest BCUT2D eigenvalue weighted by atomic mass is 10.5. The summed E-state index contributed by atoms with van der Waals surface area (Å²) in [5, 5.41) is 5.98. The van der Waals surface area contributed by atoms with Gasteiger partial charge >= 0.3 is 0 Å². The van der Waals surface area contributed by atoms with Gasteiger partial charge in [-0.3, -0.25) is 4.79 Å². The third-order valence-corrected chi connectivity index (χ3v) is 2.02. The summed E-state index contributed by atoms with van der Waals surface area (Å²) in [6.45, 7) is 6.67. The van der Waals surface area contributed by atoms with Crippen molar-refractivity contribution in [3.63, 3.8) is 0 Å². The highest BCUT2D eigenvalue weighted by atomic mass is 16.5. The summed E-state index contributed by atoms with van der Waals surface area (Å²) >= 11 is 0. The third-order valence-electron chi connectivity index (χ3n) is 2.02. The fourth-order valence-corrected chi connectivity index (χ4v) is 1.08. The van der Waals surface area contributed by atoms with Gasteiger partial charge in [0.15, 0.2) is 0 Å². The molecule has 0 rings (SSSR count). The van der Waals surface area contributed by atoms with E-state index >= 15 is 0 Å². The lowest BCUT2D eigenvalue weighted by Crippen LogP contribution is -2.35. The number of nitrogens with one attached hydrogen (secondary N) is 2. The van der Waals surface area contributed by atoms with Gasteiger partial charge in [-0.25, -0.2) is 0 Å². The first-order chi connectivity index (χ1) is 7.16. The molecule has 0 aromatic heterocycles. The molecule has 0 aliphatic rings. The Morgan fingerprint density at radius 1 is 1.27 bits per heavy atom. The second-order valence-electron chi connectivity index (χ2n) is 3.53. The Labute approximate surface area is 92.2 Å². The molecule has 0 unspecified atom stereocenters. The number of likely N-dealkylation sites (N-methyl/N-ethyl adjacent to an activating group) is 1. The van der Waals surface area contributed by atoms with Crippen molar-refractivity contribution in [1.82, 2.24) is 15.5 Å². The highest BCUT2D eigenvalue weighted by Gasteiger charge is 1.96. The van der Waals surface area contributed by atoms with E-state index in [-0.39, 0.29) is 5.91 Å². The van der Waals surface area contributed by atoms with Crippen LogP contribution in [0, 0.1) is 0 Å². The molecule has 0 aliphatic heterocycles. The van der Waals surface area contributed by atoms with Crippen LogP contribution in [0.1, 0.15) is 6.92 Å². The molecule has 0 spiro atoms. The average molecular weight is 217 g/mol. The first kappa shape index (κ1) is 14.3. The highest BCUT2D eigenvalue weighted by molar-refractivity contribution is 5.72. The SMILES string of the molecule is COCCN(C)CCNCCNC(C)=O. The smallest absolute Gasteiger partial charge is 0.216 e. The van der Waals surface area contributed by atoms with Crippen LogP contribution in [0.2, 0.25) is 0 Å². The van der Waals surface area contributed by atoms with E-state index in [1.165, 1.54) is 6.92 Å². The van der Waals surface area contributed by atoms with Gasteiger partial charge in [-0.2, -0.15) is 0 Å². The fraction of sp³-hybridized carbons (Fsp3) is 0.900. The Bertz CT molecular complexity index is 165. The van der Waals surface area contributed by atoms with Crippen LogP contribution in [0.3, 0.4) is 0 Å². The van der Waals surface area contributed by atoms with Gasteiger partial charge in [0.1, 0.15) is 0 Å². The highest BCUT2D eigenvalue weighted by Crippen LogP contribution is 1.80. The number of carbonyl (C=O) groups excluding carboxylic acids is 1. The van der Waals surface area contributed by atoms with Gasteiger partial charge in [0, 0.05) is 46.8 Å². The van der Waals surface area contributed by atoms with Gasteiger partial charge in [0.25, 0.3) is 0 Å². The number of methoxy groups -OCH3 is 1. The van der Waals surface area contributed by atoms with Crippen molar-refractivity contribution < 1.29 is 9.53 Å². The normalized spacial score (nSPS) is 10.7. The Balaban J connectivity index is 3.12. The number of ether oxygens (including phenoxy) is 1. The van der Waals surface area contributed by atoms with Crippen molar-refractivity contribution in [2.24, 2.45) is 0 Å². The van der Waals surface area contributed by atoms with Gasteiger partial charge < -0.3 is 20.3 Å². The molecule has 0 aromatic rings. The standard InChI is InChI=1S/C10H23N3O2/c1-10(14)12-5-4-11-6-7-13(2)8-9-15-3/h11H,4-9H2,1-3H3,(H,12,14). The van der Waals surface area contributed by atoms with Crippen molar-refractivity contribution in [2.45, 2.75) is 6.92 Å². The number of carbonyl (C=O) groups is 1. The van der Waals surface area contributed by atoms with Crippen LogP contribution in [-0.4, -0.2) is 64.3 Å². The zero-order valence-electron chi connectivity index (χ0n) is 10.0. The van der Waals surface area contributed by atoms with Crippen molar-refractivity contribution >= 4 is 5.91 Å². The van der Waals surface area contributed by atoms with E-state index in [1.54, 1.807) is 7.11 Å². The fourth-order valence-electron chi connectivity index (χ4n) is 1.08. The summed E-state index contributed by atoms with van der Waals surface area (Å²) in [4.78, 5) is 12.7. The van der Waals surface area contributed by atoms with Gasteiger partial charge in [-0.1, -0.05) is 0 Å². The summed E-state index contributed by atoms with van der Waals surface area (Å²) in [6, 6.07) is 0. The van der Waals surface area contributed by atoms with E-state index in [9.17, 15) is 4.79 Å². The Hall–Kier alpha value is -0.650. The molecule has 0 heterocycles. The molecule has 15 heavy (non-hydrogen) atoms. The summed E-state index contributed by atoms with van der Waals surface area (Å²) in [5.41, 5.74) is 0. The number of hydrogen-bond acceptors (Lipinski definition) is 4. The number of rotatable bonds is 9. The topological polar surface area (TPSA) is 53.6 Å². The molecule has 0 radical (unpaired) electrons. The zero-order valence-corrected chi connectivity index (χ0v) is 10.0. The third kappa shape index (κ3) is 11.3. The van der Waals surface area contributed by atoms with Gasteiger partial charge in [0.2, 0.25) is 5.91 Å². The molecular weight excluding hydrogens is 194 g/mol. The van der Waals surface area contributed by atoms with Gasteiger partial charge in [-0.15, -0.1) is 0 Å². The minimum Gasteiger partial charge on any atom is -0.383 e. The second-order valence-corrected chi connectivity index (χ2v) is 3.53. The molecular formula is C10H23N3O2. The summed E-state index contributed by atoms with van der Waals surface area (Å²) in [7, 11) is 3.77. The lowest BCUT2D eigenvalue weighted by Gasteiger charge is -2.16. The number of nitrogens with zero attached hydrogens (tertiary/aromatic N) is 1. The Morgan fingerprint density at radius 3 is 2.60 bits per heavy atom. The van der Waals surface area contributed by atoms with Gasteiger partial charge in [-0.05, 0) is 7.05 Å². The van der Waals surface area contributed by atoms with Crippen LogP contribution in [0.25, 0.3) is 0 Å². The Morgan fingerprint density at radius 2 is 2.00 bits per heavy atom. The van der Waals surface area contributed by atoms with Crippen molar-refractivity contribution in [3.05, 3.63) is 0 Å². The maximum Gasteiger partial charge on any atom is 0.216 e. The van der Waals surface area contributed by atoms with Crippen LogP contribution in [0.5, 0.6) is 0 Å². The van der Waals surface area contributed by atoms with E-state index in [1.807, 2.05) is 0 Å². The van der Waals surface area contributed by atoms with E-state index in [4.69, 9.17) is 4.74 Å². The lowest BCUT2D eigenvalue weighted by molar-refractivity contribution is -0.118. The average Bonchev–Trinajstić information content (AvgIpc) is 2.19. The van der Waals surface area contributed by atoms with E-state index in [0.717, 1.165) is 32.8 Å². The van der Waals surface area contributed by atoms with Crippen LogP contribution in [-0.2, 0) is 9.53 Å². The van der Waals surface area contributed by atoms with E-state index < -0.39 is 0 Å². The van der Waals surface area contributed by atoms with Crippen molar-refractivity contribution in [3.8, 4) is 0 Å². The van der Waals surface area contributed by atoms with Crippen LogP contribution in [0.4, 0.5) is 0 Å². The molecule has 0 saturated carbocycles. The maximum atomic E-state index is 10.5. The van der Waals surface area contributed by atoms with E-state index in [0.29, 0.717) is 6.54 Å². The molecule has 0 aliphatic carbocycles. The summed E-state index contributed by atoms with van der Waals surface area (Å²) in [5.74, 6) is 0.0222. The maximum absolute atomic E-state index is 10.5. The zero-order chi connectivity index (χ0) is 11.5. The first-order valence-corrected chi connectivity index (χ1v) is 5.29. The van der Waals surface area contributed by atoms with Crippen LogP contribution in [0.15, 0.2) is 0 Å². The first-order valence-electron chi connectivity index (χ1n) is 5.29. The number of amides is 1. The molecule has 0 aromatic carbocycles. The summed E-state index contributed by atoms with van der Waals surface area (Å²) in [6.07, 6.45) is 0. The predicted octanol–water partition coefficient (Wildman–Crippen LogP) is -0.710.